The number of nitrogens with zero attached hydrogens (tertiary/aromatic N) is 1. The number of rotatable bonds is 3. The van der Waals surface area contributed by atoms with Gasteiger partial charge in [-0.2, -0.15) is 0 Å². The molecule has 0 atom stereocenters. The highest BCUT2D eigenvalue weighted by Crippen LogP contribution is 2.33. The third-order valence-electron chi connectivity index (χ3n) is 3.85. The SMILES string of the molecule is O=C1NCc2ncc(NS(=O)(=O)c3cccc4c3OCC4)cc21. The minimum atomic E-state index is -3.82. The van der Waals surface area contributed by atoms with Crippen LogP contribution in [0.1, 0.15) is 21.6 Å². The quantitative estimate of drug-likeness (QED) is 0.876. The van der Waals surface area contributed by atoms with Gasteiger partial charge in [-0.1, -0.05) is 12.1 Å². The number of aromatic nitrogens is 1. The summed E-state index contributed by atoms with van der Waals surface area (Å²) in [5.41, 5.74) is 2.12. The fourth-order valence-corrected chi connectivity index (χ4v) is 3.98. The number of benzene rings is 1. The average Bonchev–Trinajstić information content (AvgIpc) is 3.13. The first-order chi connectivity index (χ1) is 11.0. The lowest BCUT2D eigenvalue weighted by Gasteiger charge is -2.11. The number of hydrogen-bond acceptors (Lipinski definition) is 5. The van der Waals surface area contributed by atoms with E-state index in [4.69, 9.17) is 4.74 Å². The Balaban J connectivity index is 1.70. The van der Waals surface area contributed by atoms with Crippen LogP contribution in [0.3, 0.4) is 0 Å². The summed E-state index contributed by atoms with van der Waals surface area (Å²) in [6.45, 7) is 0.837. The molecule has 8 heteroatoms. The fraction of sp³-hybridized carbons (Fsp3) is 0.200. The van der Waals surface area contributed by atoms with Gasteiger partial charge in [0.05, 0.1) is 36.3 Å². The van der Waals surface area contributed by atoms with Crippen molar-refractivity contribution in [2.45, 2.75) is 17.9 Å². The van der Waals surface area contributed by atoms with E-state index in [1.807, 2.05) is 6.07 Å². The third-order valence-corrected chi connectivity index (χ3v) is 5.26. The Hall–Kier alpha value is -2.61. The molecule has 0 fully saturated rings. The van der Waals surface area contributed by atoms with E-state index in [9.17, 15) is 13.2 Å². The molecule has 2 aromatic rings. The number of carbonyl (C=O) groups is 1. The zero-order valence-corrected chi connectivity index (χ0v) is 12.8. The Morgan fingerprint density at radius 1 is 1.30 bits per heavy atom. The maximum absolute atomic E-state index is 12.6. The number of pyridine rings is 1. The number of amides is 1. The molecule has 2 N–H and O–H groups in total. The highest BCUT2D eigenvalue weighted by Gasteiger charge is 2.26. The van der Waals surface area contributed by atoms with Gasteiger partial charge >= 0.3 is 0 Å². The fourth-order valence-electron chi connectivity index (χ4n) is 2.75. The minimum absolute atomic E-state index is 0.0949. The molecule has 0 aliphatic carbocycles. The summed E-state index contributed by atoms with van der Waals surface area (Å²) in [6.07, 6.45) is 2.10. The van der Waals surface area contributed by atoms with Crippen molar-refractivity contribution in [3.63, 3.8) is 0 Å². The van der Waals surface area contributed by atoms with Crippen LogP contribution in [-0.4, -0.2) is 25.9 Å². The van der Waals surface area contributed by atoms with Crippen molar-refractivity contribution >= 4 is 21.6 Å². The van der Waals surface area contributed by atoms with Crippen molar-refractivity contribution < 1.29 is 17.9 Å². The van der Waals surface area contributed by atoms with Gasteiger partial charge in [0.1, 0.15) is 10.6 Å². The number of carbonyl (C=O) groups excluding carboxylic acids is 1. The van der Waals surface area contributed by atoms with Gasteiger partial charge in [-0.05, 0) is 17.7 Å². The molecule has 4 rings (SSSR count). The molecule has 1 aromatic heterocycles. The van der Waals surface area contributed by atoms with E-state index in [0.717, 1.165) is 5.56 Å². The third kappa shape index (κ3) is 2.31. The van der Waals surface area contributed by atoms with E-state index in [0.29, 0.717) is 36.6 Å². The summed E-state index contributed by atoms with van der Waals surface area (Å²) in [6, 6.07) is 6.53. The number of para-hydroxylation sites is 1. The molecule has 1 amide bonds. The van der Waals surface area contributed by atoms with Crippen molar-refractivity contribution in [1.29, 1.82) is 0 Å². The lowest BCUT2D eigenvalue weighted by molar-refractivity contribution is 0.0965. The number of anilines is 1. The lowest BCUT2D eigenvalue weighted by Crippen LogP contribution is -2.15. The first-order valence-electron chi connectivity index (χ1n) is 7.09. The smallest absolute Gasteiger partial charge is 0.265 e. The number of ether oxygens (including phenoxy) is 1. The van der Waals surface area contributed by atoms with Crippen LogP contribution in [0.25, 0.3) is 0 Å². The van der Waals surface area contributed by atoms with Crippen LogP contribution in [0.5, 0.6) is 5.75 Å². The summed E-state index contributed by atoms with van der Waals surface area (Å²) in [5.74, 6) is 0.143. The molecule has 23 heavy (non-hydrogen) atoms. The van der Waals surface area contributed by atoms with E-state index in [-0.39, 0.29) is 16.5 Å². The zero-order valence-electron chi connectivity index (χ0n) is 12.0. The molecule has 0 radical (unpaired) electrons. The molecule has 0 saturated heterocycles. The van der Waals surface area contributed by atoms with Crippen molar-refractivity contribution in [2.24, 2.45) is 0 Å². The van der Waals surface area contributed by atoms with E-state index in [1.165, 1.54) is 18.3 Å². The maximum Gasteiger partial charge on any atom is 0.265 e. The average molecular weight is 331 g/mol. The molecular formula is C15H13N3O4S. The number of nitrogens with one attached hydrogen (secondary N) is 2. The monoisotopic (exact) mass is 331 g/mol. The lowest BCUT2D eigenvalue weighted by atomic mass is 10.2. The van der Waals surface area contributed by atoms with E-state index in [1.54, 1.807) is 6.07 Å². The Morgan fingerprint density at radius 2 is 2.17 bits per heavy atom. The normalized spacial score (nSPS) is 15.6. The van der Waals surface area contributed by atoms with Crippen molar-refractivity contribution in [3.8, 4) is 5.75 Å². The number of sulfonamides is 1. The van der Waals surface area contributed by atoms with Crippen molar-refractivity contribution in [1.82, 2.24) is 10.3 Å². The van der Waals surface area contributed by atoms with Crippen LogP contribution in [0.15, 0.2) is 35.4 Å². The molecule has 7 nitrogen and oxygen atoms in total. The van der Waals surface area contributed by atoms with Crippen LogP contribution in [0, 0.1) is 0 Å². The molecule has 0 spiro atoms. The molecule has 118 valence electrons. The van der Waals surface area contributed by atoms with Gasteiger partial charge in [-0.15, -0.1) is 0 Å². The van der Waals surface area contributed by atoms with Crippen molar-refractivity contribution in [2.75, 3.05) is 11.3 Å². The van der Waals surface area contributed by atoms with E-state index in [2.05, 4.69) is 15.0 Å². The van der Waals surface area contributed by atoms with Gasteiger partial charge in [-0.25, -0.2) is 8.42 Å². The molecule has 3 heterocycles. The second-order valence-electron chi connectivity index (χ2n) is 5.35. The number of fused-ring (bicyclic) bond motifs is 2. The molecule has 2 aliphatic heterocycles. The van der Waals surface area contributed by atoms with Crippen LogP contribution in [0.4, 0.5) is 5.69 Å². The summed E-state index contributed by atoms with van der Waals surface area (Å²) in [4.78, 5) is 15.9. The molecule has 0 bridgehead atoms. The Kier molecular flexibility index (Phi) is 3.02. The maximum atomic E-state index is 12.6. The Labute approximate surface area is 132 Å². The number of hydrogen-bond donors (Lipinski definition) is 2. The second kappa shape index (κ2) is 4.95. The Bertz CT molecular complexity index is 924. The standard InChI is InChI=1S/C15H13N3O4S/c19-15-11-6-10(7-16-12(11)8-17-15)18-23(20,21)13-3-1-2-9-4-5-22-14(9)13/h1-3,6-7,18H,4-5,8H2,(H,17,19). The second-order valence-corrected chi connectivity index (χ2v) is 7.00. The predicted octanol–water partition coefficient (Wildman–Crippen LogP) is 1.06. The van der Waals surface area contributed by atoms with Gasteiger partial charge in [0.2, 0.25) is 0 Å². The molecule has 0 unspecified atom stereocenters. The minimum Gasteiger partial charge on any atom is -0.492 e. The van der Waals surface area contributed by atoms with Crippen molar-refractivity contribution in [3.05, 3.63) is 47.3 Å². The topological polar surface area (TPSA) is 97.4 Å². The van der Waals surface area contributed by atoms with Crippen LogP contribution in [0.2, 0.25) is 0 Å². The largest absolute Gasteiger partial charge is 0.492 e. The van der Waals surface area contributed by atoms with E-state index >= 15 is 0 Å². The van der Waals surface area contributed by atoms with Gasteiger partial charge < -0.3 is 10.1 Å². The van der Waals surface area contributed by atoms with Gasteiger partial charge in [0.25, 0.3) is 15.9 Å². The summed E-state index contributed by atoms with van der Waals surface area (Å²) >= 11 is 0. The summed E-state index contributed by atoms with van der Waals surface area (Å²) in [5, 5.41) is 2.64. The molecule has 1 aromatic carbocycles. The Morgan fingerprint density at radius 3 is 3.04 bits per heavy atom. The van der Waals surface area contributed by atoms with E-state index < -0.39 is 10.0 Å². The van der Waals surface area contributed by atoms with Crippen LogP contribution >= 0.6 is 0 Å². The van der Waals surface area contributed by atoms with Crippen LogP contribution in [-0.2, 0) is 23.0 Å². The zero-order chi connectivity index (χ0) is 16.0. The van der Waals surface area contributed by atoms with Gasteiger partial charge in [-0.3, -0.25) is 14.5 Å². The predicted molar refractivity (Wildman–Crippen MR) is 81.9 cm³/mol. The van der Waals surface area contributed by atoms with Crippen LogP contribution < -0.4 is 14.8 Å². The molecular weight excluding hydrogens is 318 g/mol. The first-order valence-corrected chi connectivity index (χ1v) is 8.57. The highest BCUT2D eigenvalue weighted by molar-refractivity contribution is 7.92. The molecule has 2 aliphatic rings. The van der Waals surface area contributed by atoms with Gasteiger partial charge in [0, 0.05) is 6.42 Å². The molecule has 0 saturated carbocycles. The summed E-state index contributed by atoms with van der Waals surface area (Å²) in [7, 11) is -3.82. The highest BCUT2D eigenvalue weighted by atomic mass is 32.2. The van der Waals surface area contributed by atoms with Gasteiger partial charge in [0.15, 0.2) is 0 Å². The summed E-state index contributed by atoms with van der Waals surface area (Å²) < 4.78 is 33.2. The first kappa shape index (κ1) is 14.0.